The molecule has 1 saturated carbocycles. The first-order chi connectivity index (χ1) is 6.86. The Morgan fingerprint density at radius 1 is 1.07 bits per heavy atom. The minimum atomic E-state index is 0.248. The third-order valence-electron chi connectivity index (χ3n) is 2.71. The van der Waals surface area contributed by atoms with E-state index in [4.69, 9.17) is 4.74 Å². The molecule has 2 heteroatoms. The lowest BCUT2D eigenvalue weighted by molar-refractivity contribution is 0.150. The molecule has 76 valence electrons. The minimum Gasteiger partial charge on any atom is -0.504 e. The molecule has 0 amide bonds. The number of hydrogen-bond acceptors (Lipinski definition) is 2. The highest BCUT2D eigenvalue weighted by molar-refractivity contribution is 5.38. The molecule has 0 bridgehead atoms. The Kier molecular flexibility index (Phi) is 2.92. The van der Waals surface area contributed by atoms with Crippen molar-refractivity contribution in [2.24, 2.45) is 0 Å². The summed E-state index contributed by atoms with van der Waals surface area (Å²) in [5, 5.41) is 9.52. The van der Waals surface area contributed by atoms with E-state index >= 15 is 0 Å². The van der Waals surface area contributed by atoms with Crippen LogP contribution in [0.3, 0.4) is 0 Å². The minimum absolute atomic E-state index is 0.248. The van der Waals surface area contributed by atoms with Gasteiger partial charge in [-0.05, 0) is 37.8 Å². The molecule has 0 saturated heterocycles. The van der Waals surface area contributed by atoms with Gasteiger partial charge >= 0.3 is 0 Å². The fourth-order valence-electron chi connectivity index (χ4n) is 1.92. The first-order valence-corrected chi connectivity index (χ1v) is 5.31. The zero-order valence-electron chi connectivity index (χ0n) is 8.28. The van der Waals surface area contributed by atoms with Crippen LogP contribution < -0.4 is 4.74 Å². The number of ether oxygens (including phenoxy) is 1. The summed E-state index contributed by atoms with van der Waals surface area (Å²) in [6.45, 7) is 0. The van der Waals surface area contributed by atoms with Gasteiger partial charge in [0.25, 0.3) is 0 Å². The number of phenols is 1. The number of hydrogen-bond donors (Lipinski definition) is 1. The third kappa shape index (κ3) is 2.19. The number of para-hydroxylation sites is 2. The molecule has 0 unspecified atom stereocenters. The highest BCUT2D eigenvalue weighted by Gasteiger charge is 2.15. The number of phenolic OH excluding ortho intramolecular Hbond substituents is 1. The van der Waals surface area contributed by atoms with Gasteiger partial charge in [-0.15, -0.1) is 0 Å². The summed E-state index contributed by atoms with van der Waals surface area (Å²) < 4.78 is 5.74. The van der Waals surface area contributed by atoms with Gasteiger partial charge in [0.15, 0.2) is 11.5 Å². The first-order valence-electron chi connectivity index (χ1n) is 5.31. The zero-order chi connectivity index (χ0) is 9.80. The Bertz CT molecular complexity index is 290. The van der Waals surface area contributed by atoms with Gasteiger partial charge in [0.05, 0.1) is 6.10 Å². The second-order valence-electron chi connectivity index (χ2n) is 3.85. The molecule has 2 nitrogen and oxygen atoms in total. The van der Waals surface area contributed by atoms with Crippen LogP contribution in [-0.4, -0.2) is 11.2 Å². The Labute approximate surface area is 84.5 Å². The predicted octanol–water partition coefficient (Wildman–Crippen LogP) is 3.10. The van der Waals surface area contributed by atoms with Crippen molar-refractivity contribution in [3.8, 4) is 11.5 Å². The van der Waals surface area contributed by atoms with Crippen LogP contribution in [0.4, 0.5) is 0 Å². The van der Waals surface area contributed by atoms with Crippen molar-refractivity contribution in [2.45, 2.75) is 38.2 Å². The maximum atomic E-state index is 9.52. The van der Waals surface area contributed by atoms with Gasteiger partial charge in [0, 0.05) is 0 Å². The summed E-state index contributed by atoms with van der Waals surface area (Å²) in [4.78, 5) is 0. The summed E-state index contributed by atoms with van der Waals surface area (Å²) in [6.07, 6.45) is 6.36. The van der Waals surface area contributed by atoms with Crippen LogP contribution in [0.5, 0.6) is 11.5 Å². The van der Waals surface area contributed by atoms with Gasteiger partial charge in [-0.1, -0.05) is 18.6 Å². The monoisotopic (exact) mass is 192 g/mol. The fourth-order valence-corrected chi connectivity index (χ4v) is 1.92. The lowest BCUT2D eigenvalue weighted by atomic mass is 9.98. The van der Waals surface area contributed by atoms with Crippen molar-refractivity contribution in [3.63, 3.8) is 0 Å². The molecule has 0 radical (unpaired) electrons. The SMILES string of the molecule is Oc1ccccc1OC1CCCCC1. The van der Waals surface area contributed by atoms with Gasteiger partial charge in [0.1, 0.15) is 0 Å². The molecule has 0 spiro atoms. The molecule has 0 heterocycles. The molecule has 1 aromatic rings. The second-order valence-corrected chi connectivity index (χ2v) is 3.85. The fraction of sp³-hybridized carbons (Fsp3) is 0.500. The molecule has 2 rings (SSSR count). The van der Waals surface area contributed by atoms with E-state index in [1.54, 1.807) is 6.07 Å². The molecular formula is C12H16O2. The average molecular weight is 192 g/mol. The number of benzene rings is 1. The summed E-state index contributed by atoms with van der Waals surface area (Å²) in [5.41, 5.74) is 0. The quantitative estimate of drug-likeness (QED) is 0.780. The van der Waals surface area contributed by atoms with Gasteiger partial charge < -0.3 is 9.84 Å². The topological polar surface area (TPSA) is 29.5 Å². The van der Waals surface area contributed by atoms with E-state index < -0.39 is 0 Å². The molecule has 14 heavy (non-hydrogen) atoms. The second kappa shape index (κ2) is 4.36. The summed E-state index contributed by atoms with van der Waals surface area (Å²) in [6, 6.07) is 7.18. The first kappa shape index (κ1) is 9.38. The van der Waals surface area contributed by atoms with Gasteiger partial charge in [0.2, 0.25) is 0 Å². The molecule has 0 aliphatic heterocycles. The van der Waals surface area contributed by atoms with E-state index in [0.717, 1.165) is 12.8 Å². The van der Waals surface area contributed by atoms with Gasteiger partial charge in [-0.3, -0.25) is 0 Å². The molecule has 1 aliphatic carbocycles. The highest BCUT2D eigenvalue weighted by Crippen LogP contribution is 2.29. The summed E-state index contributed by atoms with van der Waals surface area (Å²) in [7, 11) is 0. The van der Waals surface area contributed by atoms with E-state index in [0.29, 0.717) is 11.9 Å². The molecule has 0 atom stereocenters. The maximum absolute atomic E-state index is 9.52. The Balaban J connectivity index is 1.99. The predicted molar refractivity (Wildman–Crippen MR) is 55.6 cm³/mol. The number of aromatic hydroxyl groups is 1. The molecular weight excluding hydrogens is 176 g/mol. The largest absolute Gasteiger partial charge is 0.504 e. The Morgan fingerprint density at radius 2 is 1.79 bits per heavy atom. The Morgan fingerprint density at radius 3 is 2.50 bits per heavy atom. The molecule has 1 aromatic carbocycles. The van der Waals surface area contributed by atoms with Crippen LogP contribution in [0.2, 0.25) is 0 Å². The van der Waals surface area contributed by atoms with Crippen LogP contribution in [0.25, 0.3) is 0 Å². The molecule has 1 fully saturated rings. The molecule has 0 aromatic heterocycles. The average Bonchev–Trinajstić information content (AvgIpc) is 2.23. The van der Waals surface area contributed by atoms with Crippen molar-refractivity contribution < 1.29 is 9.84 Å². The lowest BCUT2D eigenvalue weighted by Crippen LogP contribution is -2.19. The normalized spacial score (nSPS) is 18.0. The van der Waals surface area contributed by atoms with Gasteiger partial charge in [-0.25, -0.2) is 0 Å². The van der Waals surface area contributed by atoms with E-state index in [1.165, 1.54) is 19.3 Å². The van der Waals surface area contributed by atoms with E-state index in [9.17, 15) is 5.11 Å². The molecule has 1 N–H and O–H groups in total. The zero-order valence-corrected chi connectivity index (χ0v) is 8.28. The van der Waals surface area contributed by atoms with Gasteiger partial charge in [-0.2, -0.15) is 0 Å². The lowest BCUT2D eigenvalue weighted by Gasteiger charge is -2.23. The van der Waals surface area contributed by atoms with Crippen LogP contribution >= 0.6 is 0 Å². The van der Waals surface area contributed by atoms with E-state index in [-0.39, 0.29) is 5.75 Å². The standard InChI is InChI=1S/C12H16O2/c13-11-8-4-5-9-12(11)14-10-6-2-1-3-7-10/h4-5,8-10,13H,1-3,6-7H2. The van der Waals surface area contributed by atoms with Crippen LogP contribution in [0.1, 0.15) is 32.1 Å². The van der Waals surface area contributed by atoms with Crippen LogP contribution in [-0.2, 0) is 0 Å². The third-order valence-corrected chi connectivity index (χ3v) is 2.71. The van der Waals surface area contributed by atoms with E-state index in [1.807, 2.05) is 18.2 Å². The maximum Gasteiger partial charge on any atom is 0.161 e. The van der Waals surface area contributed by atoms with Crippen molar-refractivity contribution in [1.29, 1.82) is 0 Å². The van der Waals surface area contributed by atoms with Crippen LogP contribution in [0.15, 0.2) is 24.3 Å². The molecule has 1 aliphatic rings. The Hall–Kier alpha value is -1.18. The summed E-state index contributed by atoms with van der Waals surface area (Å²) in [5.74, 6) is 0.873. The van der Waals surface area contributed by atoms with Crippen LogP contribution in [0, 0.1) is 0 Å². The van der Waals surface area contributed by atoms with Crippen molar-refractivity contribution in [3.05, 3.63) is 24.3 Å². The smallest absolute Gasteiger partial charge is 0.161 e. The highest BCUT2D eigenvalue weighted by atomic mass is 16.5. The van der Waals surface area contributed by atoms with Crippen molar-refractivity contribution >= 4 is 0 Å². The van der Waals surface area contributed by atoms with E-state index in [2.05, 4.69) is 0 Å². The number of rotatable bonds is 2. The summed E-state index contributed by atoms with van der Waals surface area (Å²) >= 11 is 0. The van der Waals surface area contributed by atoms with Crippen molar-refractivity contribution in [1.82, 2.24) is 0 Å². The van der Waals surface area contributed by atoms with Crippen molar-refractivity contribution in [2.75, 3.05) is 0 Å².